The third-order valence-corrected chi connectivity index (χ3v) is 3.62. The van der Waals surface area contributed by atoms with Crippen LogP contribution in [0.4, 0.5) is 0 Å². The Morgan fingerprint density at radius 3 is 2.53 bits per heavy atom. The second-order valence-corrected chi connectivity index (χ2v) is 4.57. The van der Waals surface area contributed by atoms with Crippen LogP contribution >= 0.6 is 0 Å². The lowest BCUT2D eigenvalue weighted by Crippen LogP contribution is -2.37. The lowest BCUT2D eigenvalue weighted by Gasteiger charge is -2.34. The van der Waals surface area contributed by atoms with Gasteiger partial charge in [0.15, 0.2) is 0 Å². The summed E-state index contributed by atoms with van der Waals surface area (Å²) in [5, 5.41) is 0. The quantitative estimate of drug-likeness (QED) is 0.697. The van der Waals surface area contributed by atoms with E-state index in [1.54, 1.807) is 0 Å². The maximum absolute atomic E-state index is 5.83. The van der Waals surface area contributed by atoms with Crippen molar-refractivity contribution in [1.29, 1.82) is 0 Å². The first-order valence-corrected chi connectivity index (χ1v) is 6.17. The maximum Gasteiger partial charge on any atom is 0.0598 e. The minimum atomic E-state index is 0.727. The van der Waals surface area contributed by atoms with E-state index in [0.29, 0.717) is 0 Å². The Kier molecular flexibility index (Phi) is 5.75. The highest BCUT2D eigenvalue weighted by molar-refractivity contribution is 4.89. The molecule has 2 atom stereocenters. The predicted octanol–water partition coefficient (Wildman–Crippen LogP) is 1.71. The molecule has 15 heavy (non-hydrogen) atoms. The van der Waals surface area contributed by atoms with Gasteiger partial charge in [0.05, 0.1) is 6.54 Å². The van der Waals surface area contributed by atoms with Crippen molar-refractivity contribution in [2.24, 2.45) is 17.6 Å². The average Bonchev–Trinajstić information content (AvgIpc) is 2.29. The van der Waals surface area contributed by atoms with E-state index in [9.17, 15) is 0 Å². The maximum atomic E-state index is 5.83. The smallest absolute Gasteiger partial charge is 0.0598 e. The van der Waals surface area contributed by atoms with Gasteiger partial charge in [0.1, 0.15) is 0 Å². The Labute approximate surface area is 94.2 Å². The average molecular weight is 208 g/mol. The first-order chi connectivity index (χ1) is 7.31. The van der Waals surface area contributed by atoms with Gasteiger partial charge in [0.2, 0.25) is 0 Å². The van der Waals surface area contributed by atoms with Crippen molar-refractivity contribution in [3.63, 3.8) is 0 Å². The molecule has 0 radical (unpaired) electrons. The lowest BCUT2D eigenvalue weighted by atomic mass is 9.79. The van der Waals surface area contributed by atoms with E-state index in [0.717, 1.165) is 38.0 Å². The second-order valence-electron chi connectivity index (χ2n) is 4.57. The van der Waals surface area contributed by atoms with Crippen LogP contribution in [0.5, 0.6) is 0 Å². The third kappa shape index (κ3) is 3.85. The molecule has 0 bridgehead atoms. The number of terminal acetylenes is 1. The van der Waals surface area contributed by atoms with Gasteiger partial charge in [-0.3, -0.25) is 4.90 Å². The Morgan fingerprint density at radius 1 is 1.33 bits per heavy atom. The van der Waals surface area contributed by atoms with Crippen molar-refractivity contribution < 1.29 is 0 Å². The zero-order valence-corrected chi connectivity index (χ0v) is 9.91. The molecule has 1 rings (SSSR count). The zero-order valence-electron chi connectivity index (χ0n) is 9.91. The molecule has 1 saturated carbocycles. The van der Waals surface area contributed by atoms with Crippen LogP contribution in [0.25, 0.3) is 0 Å². The summed E-state index contributed by atoms with van der Waals surface area (Å²) in [5.41, 5.74) is 5.83. The van der Waals surface area contributed by atoms with Crippen LogP contribution in [0.15, 0.2) is 0 Å². The molecule has 0 aromatic rings. The first kappa shape index (κ1) is 12.5. The first-order valence-electron chi connectivity index (χ1n) is 6.17. The molecule has 1 fully saturated rings. The van der Waals surface area contributed by atoms with Gasteiger partial charge in [-0.25, -0.2) is 0 Å². The van der Waals surface area contributed by atoms with E-state index in [1.807, 2.05) is 0 Å². The van der Waals surface area contributed by atoms with E-state index < -0.39 is 0 Å². The minimum absolute atomic E-state index is 0.727. The Balaban J connectivity index is 2.42. The van der Waals surface area contributed by atoms with E-state index in [2.05, 4.69) is 17.7 Å². The Morgan fingerprint density at radius 2 is 2.00 bits per heavy atom. The molecule has 2 N–H and O–H groups in total. The molecule has 86 valence electrons. The van der Waals surface area contributed by atoms with Crippen LogP contribution in [0.2, 0.25) is 0 Å². The van der Waals surface area contributed by atoms with Gasteiger partial charge in [-0.05, 0) is 37.8 Å². The van der Waals surface area contributed by atoms with Crippen LogP contribution in [0, 0.1) is 24.2 Å². The number of hydrogen-bond donors (Lipinski definition) is 1. The van der Waals surface area contributed by atoms with Crippen molar-refractivity contribution in [2.75, 3.05) is 26.2 Å². The normalized spacial score (nSPS) is 26.5. The fourth-order valence-corrected chi connectivity index (χ4v) is 2.60. The highest BCUT2D eigenvalue weighted by Crippen LogP contribution is 2.29. The molecular formula is C13H24N2. The predicted molar refractivity (Wildman–Crippen MR) is 65.4 cm³/mol. The molecule has 0 amide bonds. The molecule has 2 nitrogen and oxygen atoms in total. The number of nitrogens with two attached hydrogens (primary N) is 1. The summed E-state index contributed by atoms with van der Waals surface area (Å²) in [6.45, 7) is 6.00. The van der Waals surface area contributed by atoms with Crippen molar-refractivity contribution >= 4 is 0 Å². The third-order valence-electron chi connectivity index (χ3n) is 3.62. The van der Waals surface area contributed by atoms with Gasteiger partial charge in [0.25, 0.3) is 0 Å². The molecule has 2 unspecified atom stereocenters. The topological polar surface area (TPSA) is 29.3 Å². The highest BCUT2D eigenvalue weighted by atomic mass is 15.1. The van der Waals surface area contributed by atoms with Gasteiger partial charge in [-0.2, -0.15) is 0 Å². The summed E-state index contributed by atoms with van der Waals surface area (Å²) in [4.78, 5) is 2.36. The summed E-state index contributed by atoms with van der Waals surface area (Å²) in [6.07, 6.45) is 10.7. The second kappa shape index (κ2) is 6.87. The fourth-order valence-electron chi connectivity index (χ4n) is 2.60. The standard InChI is InChI=1S/C13H24N2/c1-3-9-15(4-2)11-13-8-6-5-7-12(13)10-14/h1,12-13H,4-11,14H2,2H3. The molecule has 0 aromatic carbocycles. The SMILES string of the molecule is C#CCN(CC)CC1CCCCC1CN. The molecule has 0 saturated heterocycles. The molecule has 1 aliphatic carbocycles. The molecule has 1 aliphatic rings. The molecule has 0 spiro atoms. The number of rotatable bonds is 5. The van der Waals surface area contributed by atoms with Crippen LogP contribution in [-0.4, -0.2) is 31.1 Å². The summed E-state index contributed by atoms with van der Waals surface area (Å²) in [6, 6.07) is 0. The zero-order chi connectivity index (χ0) is 11.1. The van der Waals surface area contributed by atoms with Crippen molar-refractivity contribution in [3.8, 4) is 12.3 Å². The number of hydrogen-bond acceptors (Lipinski definition) is 2. The van der Waals surface area contributed by atoms with Gasteiger partial charge in [-0.1, -0.05) is 25.7 Å². The number of nitrogens with zero attached hydrogens (tertiary/aromatic N) is 1. The minimum Gasteiger partial charge on any atom is -0.330 e. The van der Waals surface area contributed by atoms with E-state index in [1.165, 1.54) is 25.7 Å². The van der Waals surface area contributed by atoms with E-state index in [4.69, 9.17) is 12.2 Å². The van der Waals surface area contributed by atoms with Crippen molar-refractivity contribution in [1.82, 2.24) is 4.90 Å². The molecule has 0 aromatic heterocycles. The van der Waals surface area contributed by atoms with Crippen LogP contribution in [0.1, 0.15) is 32.6 Å². The summed E-state index contributed by atoms with van der Waals surface area (Å²) >= 11 is 0. The Hall–Kier alpha value is -0.520. The Bertz CT molecular complexity index is 207. The van der Waals surface area contributed by atoms with Crippen LogP contribution in [-0.2, 0) is 0 Å². The fraction of sp³-hybridized carbons (Fsp3) is 0.846. The van der Waals surface area contributed by atoms with Gasteiger partial charge in [0, 0.05) is 6.54 Å². The van der Waals surface area contributed by atoms with Gasteiger partial charge in [-0.15, -0.1) is 6.42 Å². The van der Waals surface area contributed by atoms with Gasteiger partial charge >= 0.3 is 0 Å². The van der Waals surface area contributed by atoms with Crippen LogP contribution in [0.3, 0.4) is 0 Å². The highest BCUT2D eigenvalue weighted by Gasteiger charge is 2.25. The molecule has 0 heterocycles. The van der Waals surface area contributed by atoms with E-state index >= 15 is 0 Å². The summed E-state index contributed by atoms with van der Waals surface area (Å²) in [7, 11) is 0. The van der Waals surface area contributed by atoms with Gasteiger partial charge < -0.3 is 5.73 Å². The lowest BCUT2D eigenvalue weighted by molar-refractivity contribution is 0.169. The monoisotopic (exact) mass is 208 g/mol. The molecule has 2 heteroatoms. The van der Waals surface area contributed by atoms with Crippen molar-refractivity contribution in [2.45, 2.75) is 32.6 Å². The summed E-state index contributed by atoms with van der Waals surface area (Å²) < 4.78 is 0. The molecule has 0 aliphatic heterocycles. The summed E-state index contributed by atoms with van der Waals surface area (Å²) in [5.74, 6) is 4.24. The molecular weight excluding hydrogens is 184 g/mol. The van der Waals surface area contributed by atoms with E-state index in [-0.39, 0.29) is 0 Å². The van der Waals surface area contributed by atoms with Crippen molar-refractivity contribution in [3.05, 3.63) is 0 Å². The van der Waals surface area contributed by atoms with Crippen LogP contribution < -0.4 is 5.73 Å². The largest absolute Gasteiger partial charge is 0.330 e.